The van der Waals surface area contributed by atoms with Crippen molar-refractivity contribution in [2.45, 2.75) is 32.2 Å². The van der Waals surface area contributed by atoms with Gasteiger partial charge in [-0.1, -0.05) is 6.92 Å². The molecule has 14 heavy (non-hydrogen) atoms. The van der Waals surface area contributed by atoms with E-state index in [4.69, 9.17) is 10.3 Å². The van der Waals surface area contributed by atoms with Gasteiger partial charge in [-0.3, -0.25) is 0 Å². The van der Waals surface area contributed by atoms with E-state index in [1.807, 2.05) is 21.0 Å². The third kappa shape index (κ3) is 2.23. The van der Waals surface area contributed by atoms with Gasteiger partial charge in [0.15, 0.2) is 0 Å². The molecule has 0 spiro atoms. The molecule has 1 aromatic heterocycles. The Morgan fingerprint density at radius 2 is 2.14 bits per heavy atom. The summed E-state index contributed by atoms with van der Waals surface area (Å²) in [5.41, 5.74) is 5.82. The lowest BCUT2D eigenvalue weighted by Gasteiger charge is -2.13. The van der Waals surface area contributed by atoms with E-state index in [9.17, 15) is 0 Å². The van der Waals surface area contributed by atoms with Gasteiger partial charge in [0.2, 0.25) is 5.89 Å². The summed E-state index contributed by atoms with van der Waals surface area (Å²) in [7, 11) is 3.75. The topological polar surface area (TPSA) is 68.2 Å². The maximum atomic E-state index is 5.82. The molecular formula is C9H18N4O. The second-order valence-electron chi connectivity index (χ2n) is 3.70. The van der Waals surface area contributed by atoms with Crippen molar-refractivity contribution in [3.05, 3.63) is 5.89 Å². The summed E-state index contributed by atoms with van der Waals surface area (Å²) in [5, 5.41) is 3.85. The Hall–Kier alpha value is -1.10. The normalized spacial score (nSPS) is 15.2. The maximum absolute atomic E-state index is 5.82. The van der Waals surface area contributed by atoms with Crippen LogP contribution in [0, 0.1) is 0 Å². The number of hydrogen-bond donors (Lipinski definition) is 1. The zero-order chi connectivity index (χ0) is 10.7. The van der Waals surface area contributed by atoms with E-state index in [2.05, 4.69) is 17.1 Å². The summed E-state index contributed by atoms with van der Waals surface area (Å²) < 4.78 is 5.16. The fourth-order valence-electron chi connectivity index (χ4n) is 1.33. The zero-order valence-electron chi connectivity index (χ0n) is 9.19. The molecule has 0 aromatic carbocycles. The molecule has 5 nitrogen and oxygen atoms in total. The average Bonchev–Trinajstić information content (AvgIpc) is 2.53. The number of aromatic nitrogens is 2. The molecule has 80 valence electrons. The highest BCUT2D eigenvalue weighted by Gasteiger charge is 2.21. The average molecular weight is 198 g/mol. The molecule has 0 saturated heterocycles. The summed E-state index contributed by atoms with van der Waals surface area (Å²) in [6.07, 6.45) is 0.909. The van der Waals surface area contributed by atoms with Crippen molar-refractivity contribution >= 4 is 5.95 Å². The monoisotopic (exact) mass is 198 g/mol. The summed E-state index contributed by atoms with van der Waals surface area (Å²) in [5.74, 6) is 1.38. The Bertz CT molecular complexity index is 282. The first-order chi connectivity index (χ1) is 6.56. The number of hydrogen-bond acceptors (Lipinski definition) is 5. The van der Waals surface area contributed by atoms with Crippen LogP contribution in [0.4, 0.5) is 5.95 Å². The molecule has 0 aliphatic carbocycles. The van der Waals surface area contributed by atoms with Crippen molar-refractivity contribution in [1.82, 2.24) is 10.1 Å². The van der Waals surface area contributed by atoms with Crippen LogP contribution < -0.4 is 10.6 Å². The van der Waals surface area contributed by atoms with Crippen LogP contribution in [0.25, 0.3) is 0 Å². The van der Waals surface area contributed by atoms with E-state index in [1.54, 1.807) is 4.90 Å². The summed E-state index contributed by atoms with van der Waals surface area (Å²) in [4.78, 5) is 6.08. The van der Waals surface area contributed by atoms with Crippen LogP contribution in [0.15, 0.2) is 4.52 Å². The Balaban J connectivity index is 2.84. The van der Waals surface area contributed by atoms with Crippen molar-refractivity contribution in [3.8, 4) is 0 Å². The quantitative estimate of drug-likeness (QED) is 0.781. The molecule has 0 radical (unpaired) electrons. The Labute approximate surface area is 84.3 Å². The standard InChI is InChI=1S/C9H18N4O/c1-5-7(6(2)10)8-11-9(12-14-8)13(3)4/h6-7H,5,10H2,1-4H3. The van der Waals surface area contributed by atoms with Gasteiger partial charge in [0.05, 0.1) is 5.92 Å². The van der Waals surface area contributed by atoms with Crippen molar-refractivity contribution in [2.24, 2.45) is 5.73 Å². The molecule has 2 N–H and O–H groups in total. The Kier molecular flexibility index (Phi) is 3.46. The summed E-state index contributed by atoms with van der Waals surface area (Å²) in [6.45, 7) is 4.02. The molecule has 2 unspecified atom stereocenters. The van der Waals surface area contributed by atoms with Gasteiger partial charge in [-0.05, 0) is 18.5 Å². The predicted molar refractivity (Wildman–Crippen MR) is 55.3 cm³/mol. The molecule has 5 heteroatoms. The highest BCUT2D eigenvalue weighted by molar-refractivity contribution is 5.24. The summed E-state index contributed by atoms with van der Waals surface area (Å²) in [6, 6.07) is 0.0375. The molecule has 0 aliphatic rings. The number of nitrogens with zero attached hydrogens (tertiary/aromatic N) is 3. The Morgan fingerprint density at radius 1 is 1.50 bits per heavy atom. The minimum absolute atomic E-state index is 0.0375. The van der Waals surface area contributed by atoms with Crippen molar-refractivity contribution < 1.29 is 4.52 Å². The van der Waals surface area contributed by atoms with Gasteiger partial charge in [-0.15, -0.1) is 0 Å². The lowest BCUT2D eigenvalue weighted by Crippen LogP contribution is -2.24. The van der Waals surface area contributed by atoms with Crippen molar-refractivity contribution in [2.75, 3.05) is 19.0 Å². The second kappa shape index (κ2) is 4.41. The van der Waals surface area contributed by atoms with Crippen LogP contribution >= 0.6 is 0 Å². The van der Waals surface area contributed by atoms with Gasteiger partial charge in [-0.25, -0.2) is 0 Å². The molecule has 1 heterocycles. The van der Waals surface area contributed by atoms with Crippen LogP contribution in [0.1, 0.15) is 32.1 Å². The fourth-order valence-corrected chi connectivity index (χ4v) is 1.33. The highest BCUT2D eigenvalue weighted by atomic mass is 16.5. The number of nitrogens with two attached hydrogens (primary N) is 1. The lowest BCUT2D eigenvalue weighted by molar-refractivity contribution is 0.334. The largest absolute Gasteiger partial charge is 0.344 e. The first-order valence-corrected chi connectivity index (χ1v) is 4.82. The molecule has 2 atom stereocenters. The van der Waals surface area contributed by atoms with Gasteiger partial charge in [0.25, 0.3) is 5.95 Å². The second-order valence-corrected chi connectivity index (χ2v) is 3.70. The van der Waals surface area contributed by atoms with Gasteiger partial charge in [0, 0.05) is 20.1 Å². The first-order valence-electron chi connectivity index (χ1n) is 4.82. The van der Waals surface area contributed by atoms with Gasteiger partial charge in [-0.2, -0.15) is 4.98 Å². The molecule has 0 bridgehead atoms. The van der Waals surface area contributed by atoms with Crippen molar-refractivity contribution in [1.29, 1.82) is 0 Å². The van der Waals surface area contributed by atoms with E-state index in [-0.39, 0.29) is 12.0 Å². The third-order valence-electron chi connectivity index (χ3n) is 2.22. The van der Waals surface area contributed by atoms with Crippen LogP contribution in [0.5, 0.6) is 0 Å². The maximum Gasteiger partial charge on any atom is 0.265 e. The van der Waals surface area contributed by atoms with Crippen LogP contribution in [0.2, 0.25) is 0 Å². The first kappa shape index (κ1) is 11.0. The van der Waals surface area contributed by atoms with E-state index < -0.39 is 0 Å². The van der Waals surface area contributed by atoms with E-state index >= 15 is 0 Å². The predicted octanol–water partition coefficient (Wildman–Crippen LogP) is 0.976. The molecule has 0 saturated carbocycles. The smallest absolute Gasteiger partial charge is 0.265 e. The van der Waals surface area contributed by atoms with E-state index in [1.165, 1.54) is 0 Å². The molecule has 0 fully saturated rings. The fraction of sp³-hybridized carbons (Fsp3) is 0.778. The molecule has 1 aromatic rings. The van der Waals surface area contributed by atoms with E-state index in [0.717, 1.165) is 6.42 Å². The molecule has 0 amide bonds. The molecular weight excluding hydrogens is 180 g/mol. The lowest BCUT2D eigenvalue weighted by atomic mass is 9.99. The SMILES string of the molecule is CCC(c1nc(N(C)C)no1)C(C)N. The van der Waals surface area contributed by atoms with Crippen LogP contribution in [0.3, 0.4) is 0 Å². The van der Waals surface area contributed by atoms with Gasteiger partial charge in [0.1, 0.15) is 0 Å². The molecule has 1 rings (SSSR count). The third-order valence-corrected chi connectivity index (χ3v) is 2.22. The number of rotatable bonds is 4. The minimum atomic E-state index is 0.0375. The van der Waals surface area contributed by atoms with E-state index in [0.29, 0.717) is 11.8 Å². The van der Waals surface area contributed by atoms with Gasteiger partial charge < -0.3 is 15.2 Å². The number of anilines is 1. The van der Waals surface area contributed by atoms with Crippen LogP contribution in [-0.2, 0) is 0 Å². The molecule has 0 aliphatic heterocycles. The van der Waals surface area contributed by atoms with Gasteiger partial charge >= 0.3 is 0 Å². The zero-order valence-corrected chi connectivity index (χ0v) is 9.19. The van der Waals surface area contributed by atoms with Crippen LogP contribution in [-0.4, -0.2) is 30.3 Å². The summed E-state index contributed by atoms with van der Waals surface area (Å²) >= 11 is 0. The van der Waals surface area contributed by atoms with Crippen molar-refractivity contribution in [3.63, 3.8) is 0 Å². The Morgan fingerprint density at radius 3 is 2.50 bits per heavy atom. The highest BCUT2D eigenvalue weighted by Crippen LogP contribution is 2.21. The minimum Gasteiger partial charge on any atom is -0.344 e.